The van der Waals surface area contributed by atoms with Gasteiger partial charge in [0.25, 0.3) is 0 Å². The van der Waals surface area contributed by atoms with Crippen molar-refractivity contribution in [3.8, 4) is 11.1 Å². The highest BCUT2D eigenvalue weighted by Gasteiger charge is 2.20. The van der Waals surface area contributed by atoms with Crippen molar-refractivity contribution in [1.82, 2.24) is 25.1 Å². The van der Waals surface area contributed by atoms with E-state index in [1.165, 1.54) is 0 Å². The van der Waals surface area contributed by atoms with Gasteiger partial charge in [0.05, 0.1) is 6.54 Å². The van der Waals surface area contributed by atoms with Gasteiger partial charge in [0.2, 0.25) is 11.9 Å². The van der Waals surface area contributed by atoms with Crippen molar-refractivity contribution in [2.24, 2.45) is 5.73 Å². The second-order valence-corrected chi connectivity index (χ2v) is 8.00. The van der Waals surface area contributed by atoms with Gasteiger partial charge in [-0.1, -0.05) is 29.8 Å². The molecule has 2 aromatic heterocycles. The van der Waals surface area contributed by atoms with Crippen molar-refractivity contribution in [3.05, 3.63) is 59.5 Å². The Morgan fingerprint density at radius 1 is 1.03 bits per heavy atom. The Hall–Kier alpha value is -3.30. The van der Waals surface area contributed by atoms with Crippen LogP contribution in [0.25, 0.3) is 11.1 Å². The summed E-state index contributed by atoms with van der Waals surface area (Å²) in [4.78, 5) is 26.9. The number of aromatic nitrogens is 4. The molecule has 1 aliphatic heterocycles. The first-order valence-corrected chi connectivity index (χ1v) is 10.8. The molecule has 0 spiro atoms. The fourth-order valence-electron chi connectivity index (χ4n) is 3.61. The van der Waals surface area contributed by atoms with Crippen LogP contribution in [0.4, 0.5) is 11.8 Å². The van der Waals surface area contributed by atoms with Gasteiger partial charge in [-0.2, -0.15) is 0 Å². The van der Waals surface area contributed by atoms with Crippen LogP contribution in [-0.4, -0.2) is 70.7 Å². The van der Waals surface area contributed by atoms with Crippen molar-refractivity contribution < 1.29 is 4.79 Å². The number of likely N-dealkylation sites (N-methyl/N-ethyl adjacent to an activating group) is 1. The van der Waals surface area contributed by atoms with E-state index in [0.29, 0.717) is 17.6 Å². The van der Waals surface area contributed by atoms with Crippen LogP contribution in [0.1, 0.15) is 5.56 Å². The number of nitrogens with two attached hydrogens (primary N) is 1. The fourth-order valence-corrected chi connectivity index (χ4v) is 3.71. The van der Waals surface area contributed by atoms with Crippen molar-refractivity contribution in [1.29, 1.82) is 0 Å². The van der Waals surface area contributed by atoms with Crippen LogP contribution in [-0.2, 0) is 11.3 Å². The molecule has 1 aromatic carbocycles. The average Bonchev–Trinajstić information content (AvgIpc) is 2.84. The Morgan fingerprint density at radius 3 is 2.41 bits per heavy atom. The van der Waals surface area contributed by atoms with Gasteiger partial charge in [-0.3, -0.25) is 4.79 Å². The molecule has 166 valence electrons. The van der Waals surface area contributed by atoms with Gasteiger partial charge in [-0.15, -0.1) is 10.2 Å². The topological polar surface area (TPSA) is 104 Å². The molecule has 0 saturated carbocycles. The summed E-state index contributed by atoms with van der Waals surface area (Å²) in [6, 6.07) is 11.7. The number of piperazine rings is 1. The molecular formula is C22H25ClN8O. The summed E-state index contributed by atoms with van der Waals surface area (Å²) in [6.45, 7) is 3.70. The van der Waals surface area contributed by atoms with Gasteiger partial charge in [0, 0.05) is 57.7 Å². The van der Waals surface area contributed by atoms with Crippen LogP contribution in [0.5, 0.6) is 0 Å². The molecule has 0 radical (unpaired) electrons. The number of anilines is 2. The predicted molar refractivity (Wildman–Crippen MR) is 124 cm³/mol. The van der Waals surface area contributed by atoms with Crippen molar-refractivity contribution in [2.75, 3.05) is 49.6 Å². The van der Waals surface area contributed by atoms with Gasteiger partial charge >= 0.3 is 0 Å². The van der Waals surface area contributed by atoms with Crippen LogP contribution in [0.15, 0.2) is 48.8 Å². The molecule has 32 heavy (non-hydrogen) atoms. The zero-order valence-corrected chi connectivity index (χ0v) is 18.6. The molecule has 9 nitrogen and oxygen atoms in total. The number of carbonyl (C=O) groups is 1. The number of hydrogen-bond donors (Lipinski definition) is 1. The molecule has 2 N–H and O–H groups in total. The summed E-state index contributed by atoms with van der Waals surface area (Å²) < 4.78 is 0. The normalized spacial score (nSPS) is 13.8. The quantitative estimate of drug-likeness (QED) is 0.604. The lowest BCUT2D eigenvalue weighted by Crippen LogP contribution is -2.47. The monoisotopic (exact) mass is 452 g/mol. The maximum Gasteiger partial charge on any atom is 0.236 e. The van der Waals surface area contributed by atoms with Gasteiger partial charge in [0.1, 0.15) is 0 Å². The number of halogens is 1. The second-order valence-electron chi connectivity index (χ2n) is 7.61. The minimum absolute atomic E-state index is 0.00680. The van der Waals surface area contributed by atoms with Gasteiger partial charge in [0.15, 0.2) is 11.0 Å². The zero-order chi connectivity index (χ0) is 22.5. The van der Waals surface area contributed by atoms with Gasteiger partial charge < -0.3 is 20.4 Å². The molecule has 3 heterocycles. The third kappa shape index (κ3) is 5.12. The fraction of sp³-hybridized carbons (Fsp3) is 0.318. The predicted octanol–water partition coefficient (Wildman–Crippen LogP) is 1.83. The van der Waals surface area contributed by atoms with E-state index >= 15 is 0 Å². The van der Waals surface area contributed by atoms with E-state index in [4.69, 9.17) is 17.3 Å². The molecule has 0 aliphatic carbocycles. The minimum Gasteiger partial charge on any atom is -0.352 e. The van der Waals surface area contributed by atoms with E-state index < -0.39 is 0 Å². The van der Waals surface area contributed by atoms with Crippen LogP contribution in [0, 0.1) is 0 Å². The summed E-state index contributed by atoms with van der Waals surface area (Å²) in [6.07, 6.45) is 3.68. The molecule has 0 atom stereocenters. The summed E-state index contributed by atoms with van der Waals surface area (Å²) in [7, 11) is 1.75. The Balaban J connectivity index is 1.39. The number of rotatable bonds is 6. The molecule has 1 fully saturated rings. The minimum atomic E-state index is -0.0914. The van der Waals surface area contributed by atoms with Gasteiger partial charge in [-0.25, -0.2) is 9.97 Å². The first-order valence-electron chi connectivity index (χ1n) is 10.4. The van der Waals surface area contributed by atoms with Crippen LogP contribution in [0.2, 0.25) is 5.15 Å². The average molecular weight is 453 g/mol. The lowest BCUT2D eigenvalue weighted by atomic mass is 10.1. The molecule has 3 aromatic rings. The lowest BCUT2D eigenvalue weighted by molar-refractivity contribution is -0.128. The smallest absolute Gasteiger partial charge is 0.236 e. The van der Waals surface area contributed by atoms with Crippen LogP contribution < -0.4 is 15.5 Å². The molecule has 1 aliphatic rings. The maximum absolute atomic E-state index is 11.7. The molecular weight excluding hydrogens is 428 g/mol. The molecule has 4 rings (SSSR count). The molecule has 0 bridgehead atoms. The summed E-state index contributed by atoms with van der Waals surface area (Å²) in [5, 5.41) is 8.46. The standard InChI is InChI=1S/C22H25ClN8O/c1-29(21(32)12-24)15-16-3-2-4-17(11-16)18-13-25-22(26-14-18)31-9-7-30(8-10-31)20-6-5-19(23)27-28-20/h2-6,11,13-14H,7-10,12,15,24H2,1H3. The van der Waals surface area contributed by atoms with E-state index in [2.05, 4.69) is 30.0 Å². The number of hydrogen-bond acceptors (Lipinski definition) is 8. The van der Waals surface area contributed by atoms with Crippen LogP contribution in [0.3, 0.4) is 0 Å². The largest absolute Gasteiger partial charge is 0.352 e. The third-order valence-corrected chi connectivity index (χ3v) is 5.62. The second kappa shape index (κ2) is 9.88. The SMILES string of the molecule is CN(Cc1cccc(-c2cnc(N3CCN(c4ccc(Cl)nn4)CC3)nc2)c1)C(=O)CN. The first kappa shape index (κ1) is 21.9. The molecule has 10 heteroatoms. The summed E-state index contributed by atoms with van der Waals surface area (Å²) in [5.41, 5.74) is 8.40. The lowest BCUT2D eigenvalue weighted by Gasteiger charge is -2.35. The highest BCUT2D eigenvalue weighted by molar-refractivity contribution is 6.29. The Morgan fingerprint density at radius 2 is 1.75 bits per heavy atom. The highest BCUT2D eigenvalue weighted by Crippen LogP contribution is 2.22. The zero-order valence-electron chi connectivity index (χ0n) is 17.9. The van der Waals surface area contributed by atoms with E-state index in [1.807, 2.05) is 42.7 Å². The van der Waals surface area contributed by atoms with E-state index in [9.17, 15) is 4.79 Å². The van der Waals surface area contributed by atoms with Crippen molar-refractivity contribution in [2.45, 2.75) is 6.54 Å². The van der Waals surface area contributed by atoms with Gasteiger partial charge in [-0.05, 0) is 29.3 Å². The molecule has 1 amide bonds. The van der Waals surface area contributed by atoms with Crippen LogP contribution >= 0.6 is 11.6 Å². The van der Waals surface area contributed by atoms with E-state index in [1.54, 1.807) is 18.0 Å². The summed E-state index contributed by atoms with van der Waals surface area (Å²) in [5.74, 6) is 1.44. The first-order chi connectivity index (χ1) is 15.5. The van der Waals surface area contributed by atoms with E-state index in [-0.39, 0.29) is 12.5 Å². The van der Waals surface area contributed by atoms with E-state index in [0.717, 1.165) is 48.7 Å². The Labute approximate surface area is 191 Å². The Kier molecular flexibility index (Phi) is 6.77. The van der Waals surface area contributed by atoms with Crippen molar-refractivity contribution >= 4 is 29.3 Å². The number of benzene rings is 1. The number of nitrogens with zero attached hydrogens (tertiary/aromatic N) is 7. The highest BCUT2D eigenvalue weighted by atomic mass is 35.5. The molecule has 0 unspecified atom stereocenters. The summed E-state index contributed by atoms with van der Waals surface area (Å²) >= 11 is 5.82. The Bertz CT molecular complexity index is 1050. The maximum atomic E-state index is 11.7. The van der Waals surface area contributed by atoms with Crippen molar-refractivity contribution in [3.63, 3.8) is 0 Å². The molecule has 1 saturated heterocycles. The third-order valence-electron chi connectivity index (χ3n) is 5.42. The number of carbonyl (C=O) groups excluding carboxylic acids is 1. The number of amides is 1.